The van der Waals surface area contributed by atoms with Crippen LogP contribution in [0.2, 0.25) is 5.02 Å². The van der Waals surface area contributed by atoms with Gasteiger partial charge in [-0.2, -0.15) is 0 Å². The van der Waals surface area contributed by atoms with E-state index in [-0.39, 0.29) is 0 Å². The third-order valence-corrected chi connectivity index (χ3v) is 7.36. The Bertz CT molecular complexity index is 1750. The van der Waals surface area contributed by atoms with Crippen LogP contribution in [-0.4, -0.2) is 7.85 Å². The van der Waals surface area contributed by atoms with Crippen molar-refractivity contribution in [1.29, 1.82) is 0 Å². The second-order valence-corrected chi connectivity index (χ2v) is 9.52. The minimum atomic E-state index is 0.773. The highest BCUT2D eigenvalue weighted by Crippen LogP contribution is 2.57. The maximum atomic E-state index is 6.70. The summed E-state index contributed by atoms with van der Waals surface area (Å²) < 4.78 is 0. The van der Waals surface area contributed by atoms with Crippen molar-refractivity contribution in [2.45, 2.75) is 0 Å². The molecular formula is C32H20BCl. The number of fused-ring (bicyclic) bond motifs is 4. The summed E-state index contributed by atoms with van der Waals surface area (Å²) in [5, 5.41) is 5.88. The summed E-state index contributed by atoms with van der Waals surface area (Å²) >= 11 is 6.70. The molecule has 0 amide bonds. The lowest BCUT2D eigenvalue weighted by atomic mass is 9.78. The van der Waals surface area contributed by atoms with E-state index in [2.05, 4.69) is 117 Å². The van der Waals surface area contributed by atoms with Crippen LogP contribution in [0.4, 0.5) is 0 Å². The molecule has 34 heavy (non-hydrogen) atoms. The van der Waals surface area contributed by atoms with Crippen LogP contribution >= 0.6 is 11.6 Å². The van der Waals surface area contributed by atoms with Crippen LogP contribution in [0, 0.1) is 0 Å². The van der Waals surface area contributed by atoms with Crippen molar-refractivity contribution >= 4 is 46.5 Å². The SMILES string of the molecule is Bc1cc(Cl)cc2c(-c3ccccc3)c3c(c(-c4ccccc4)c12)-c1cccc2cccc-3c12. The first kappa shape index (κ1) is 19.6. The van der Waals surface area contributed by atoms with Gasteiger partial charge in [0.05, 0.1) is 0 Å². The number of benzene rings is 6. The maximum absolute atomic E-state index is 6.70. The molecule has 0 radical (unpaired) electrons. The minimum absolute atomic E-state index is 0.773. The number of hydrogen-bond donors (Lipinski definition) is 0. The van der Waals surface area contributed by atoms with E-state index in [0.29, 0.717) is 0 Å². The summed E-state index contributed by atoms with van der Waals surface area (Å²) in [6.45, 7) is 0. The van der Waals surface area contributed by atoms with E-state index >= 15 is 0 Å². The van der Waals surface area contributed by atoms with Crippen molar-refractivity contribution < 1.29 is 0 Å². The highest BCUT2D eigenvalue weighted by Gasteiger charge is 2.30. The van der Waals surface area contributed by atoms with E-state index in [9.17, 15) is 0 Å². The number of rotatable bonds is 2. The molecule has 1 aliphatic rings. The lowest BCUT2D eigenvalue weighted by molar-refractivity contribution is 1.63. The molecule has 0 aliphatic heterocycles. The third kappa shape index (κ3) is 2.68. The Morgan fingerprint density at radius 1 is 0.500 bits per heavy atom. The van der Waals surface area contributed by atoms with Gasteiger partial charge in [0.1, 0.15) is 7.85 Å². The molecule has 0 aromatic heterocycles. The quantitative estimate of drug-likeness (QED) is 0.235. The van der Waals surface area contributed by atoms with Crippen LogP contribution in [0.15, 0.2) is 109 Å². The van der Waals surface area contributed by atoms with Gasteiger partial charge in [-0.15, -0.1) is 0 Å². The average Bonchev–Trinajstić information content (AvgIpc) is 3.20. The van der Waals surface area contributed by atoms with Crippen LogP contribution in [0.25, 0.3) is 66.1 Å². The van der Waals surface area contributed by atoms with Gasteiger partial charge in [-0.3, -0.25) is 0 Å². The van der Waals surface area contributed by atoms with Gasteiger partial charge in [-0.05, 0) is 78.2 Å². The first-order valence-electron chi connectivity index (χ1n) is 11.7. The zero-order valence-corrected chi connectivity index (χ0v) is 19.5. The molecule has 158 valence electrons. The van der Waals surface area contributed by atoms with Gasteiger partial charge in [0, 0.05) is 5.02 Å². The maximum Gasteiger partial charge on any atom is 0.140 e. The van der Waals surface area contributed by atoms with Crippen LogP contribution in [0.1, 0.15) is 0 Å². The van der Waals surface area contributed by atoms with Gasteiger partial charge < -0.3 is 0 Å². The average molecular weight is 451 g/mol. The topological polar surface area (TPSA) is 0 Å². The fourth-order valence-corrected chi connectivity index (χ4v) is 6.15. The van der Waals surface area contributed by atoms with E-state index in [4.69, 9.17) is 11.6 Å². The summed E-state index contributed by atoms with van der Waals surface area (Å²) in [4.78, 5) is 0. The molecule has 2 heteroatoms. The first-order chi connectivity index (χ1) is 16.7. The molecule has 7 rings (SSSR count). The lowest BCUT2D eigenvalue weighted by Crippen LogP contribution is -2.07. The monoisotopic (exact) mass is 450 g/mol. The predicted octanol–water partition coefficient (Wildman–Crippen LogP) is 7.89. The molecule has 0 N–H and O–H groups in total. The Kier molecular flexibility index (Phi) is 4.25. The molecule has 0 saturated carbocycles. The number of hydrogen-bond acceptors (Lipinski definition) is 0. The third-order valence-electron chi connectivity index (χ3n) is 7.14. The summed E-state index contributed by atoms with van der Waals surface area (Å²) in [7, 11) is 2.19. The molecule has 0 saturated heterocycles. The molecular weight excluding hydrogens is 431 g/mol. The summed E-state index contributed by atoms with van der Waals surface area (Å²) in [5.74, 6) is 0. The van der Waals surface area contributed by atoms with Crippen molar-refractivity contribution in [3.63, 3.8) is 0 Å². The van der Waals surface area contributed by atoms with Crippen LogP contribution < -0.4 is 5.46 Å². The number of halogens is 1. The largest absolute Gasteiger partial charge is 0.140 e. The standard InChI is InChI=1S/C32H20BCl/c33-26-18-22(34)17-25-28(20-9-3-1-4-10-20)31-23-15-7-13-19-14-8-16-24(27(19)23)32(31)29(30(25)26)21-11-5-2-6-12-21/h1-18H,33H2. The second-order valence-electron chi connectivity index (χ2n) is 9.09. The molecule has 0 fully saturated rings. The van der Waals surface area contributed by atoms with Crippen molar-refractivity contribution in [2.75, 3.05) is 0 Å². The molecule has 0 nitrogen and oxygen atoms in total. The van der Waals surface area contributed by atoms with Crippen LogP contribution in [-0.2, 0) is 0 Å². The van der Waals surface area contributed by atoms with Crippen LogP contribution in [0.3, 0.4) is 0 Å². The van der Waals surface area contributed by atoms with Gasteiger partial charge in [-0.25, -0.2) is 0 Å². The minimum Gasteiger partial charge on any atom is -0.0843 e. The zero-order chi connectivity index (χ0) is 22.8. The fraction of sp³-hybridized carbons (Fsp3) is 0. The van der Waals surface area contributed by atoms with Crippen molar-refractivity contribution in [3.05, 3.63) is 114 Å². The molecule has 1 aliphatic carbocycles. The van der Waals surface area contributed by atoms with Crippen molar-refractivity contribution in [2.24, 2.45) is 0 Å². The van der Waals surface area contributed by atoms with Gasteiger partial charge in [0.15, 0.2) is 0 Å². The fourth-order valence-electron chi connectivity index (χ4n) is 5.88. The summed E-state index contributed by atoms with van der Waals surface area (Å²) in [6, 6.07) is 39.2. The Hall–Kier alpha value is -3.81. The lowest BCUT2D eigenvalue weighted by Gasteiger charge is -2.22. The highest BCUT2D eigenvalue weighted by molar-refractivity contribution is 6.45. The molecule has 0 unspecified atom stereocenters. The van der Waals surface area contributed by atoms with E-state index < -0.39 is 0 Å². The first-order valence-corrected chi connectivity index (χ1v) is 12.0. The summed E-state index contributed by atoms with van der Waals surface area (Å²) in [5.41, 5.74) is 11.5. The molecule has 0 heterocycles. The van der Waals surface area contributed by atoms with E-state index in [0.717, 1.165) is 5.02 Å². The van der Waals surface area contributed by atoms with E-state index in [1.807, 2.05) is 0 Å². The van der Waals surface area contributed by atoms with E-state index in [1.54, 1.807) is 0 Å². The normalized spacial score (nSPS) is 11.8. The smallest absolute Gasteiger partial charge is 0.0843 e. The van der Waals surface area contributed by atoms with Gasteiger partial charge in [0.2, 0.25) is 0 Å². The van der Waals surface area contributed by atoms with Gasteiger partial charge in [-0.1, -0.05) is 114 Å². The van der Waals surface area contributed by atoms with Crippen molar-refractivity contribution in [3.8, 4) is 44.5 Å². The van der Waals surface area contributed by atoms with E-state index in [1.165, 1.54) is 71.5 Å². The van der Waals surface area contributed by atoms with Gasteiger partial charge >= 0.3 is 0 Å². The van der Waals surface area contributed by atoms with Crippen molar-refractivity contribution in [1.82, 2.24) is 0 Å². The van der Waals surface area contributed by atoms with Crippen LogP contribution in [0.5, 0.6) is 0 Å². The zero-order valence-electron chi connectivity index (χ0n) is 18.8. The Balaban J connectivity index is 1.81. The Labute approximate surface area is 204 Å². The molecule has 6 aromatic carbocycles. The van der Waals surface area contributed by atoms with Gasteiger partial charge in [0.25, 0.3) is 0 Å². The summed E-state index contributed by atoms with van der Waals surface area (Å²) in [6.07, 6.45) is 0. The molecule has 0 atom stereocenters. The predicted molar refractivity (Wildman–Crippen MR) is 150 cm³/mol. The molecule has 6 aromatic rings. The molecule has 0 bridgehead atoms. The highest BCUT2D eigenvalue weighted by atomic mass is 35.5. The second kappa shape index (κ2) is 7.35. The Morgan fingerprint density at radius 2 is 1.06 bits per heavy atom. The Morgan fingerprint density at radius 3 is 1.68 bits per heavy atom. The molecule has 0 spiro atoms.